The summed E-state index contributed by atoms with van der Waals surface area (Å²) in [4.78, 5) is 12.2. The number of halogens is 2. The lowest BCUT2D eigenvalue weighted by molar-refractivity contribution is 0.102. The van der Waals surface area contributed by atoms with E-state index in [2.05, 4.69) is 43.8 Å². The number of carbonyl (C=O) groups excluding carboxylic acids is 1. The minimum atomic E-state index is -0.240. The van der Waals surface area contributed by atoms with Gasteiger partial charge in [0.2, 0.25) is 0 Å². The average Bonchev–Trinajstić information content (AvgIpc) is 2.36. The molecule has 1 amide bonds. The summed E-state index contributed by atoms with van der Waals surface area (Å²) in [5.74, 6) is -0.121. The Kier molecular flexibility index (Phi) is 4.46. The van der Waals surface area contributed by atoms with Gasteiger partial charge in [0, 0.05) is 19.2 Å². The molecule has 0 aromatic heterocycles. The molecule has 0 spiro atoms. The molecule has 0 aliphatic carbocycles. The molecule has 0 radical (unpaired) electrons. The van der Waals surface area contributed by atoms with Crippen molar-refractivity contribution in [2.75, 3.05) is 5.32 Å². The number of carbonyl (C=O) groups is 1. The number of rotatable bonds is 2. The zero-order chi connectivity index (χ0) is 14.0. The highest BCUT2D eigenvalue weighted by molar-refractivity contribution is 14.1. The molecule has 0 unspecified atom stereocenters. The Bertz CT molecular complexity index is 643. The van der Waals surface area contributed by atoms with Crippen LogP contribution in [0.2, 0.25) is 0 Å². The van der Waals surface area contributed by atoms with Crippen LogP contribution in [-0.4, -0.2) is 11.0 Å². The molecule has 0 atom stereocenters. The molecule has 0 saturated carbocycles. The van der Waals surface area contributed by atoms with Gasteiger partial charge in [-0.1, -0.05) is 6.07 Å². The lowest BCUT2D eigenvalue weighted by Gasteiger charge is -2.10. The van der Waals surface area contributed by atoms with Crippen LogP contribution < -0.4 is 5.32 Å². The number of aromatic hydroxyl groups is 1. The van der Waals surface area contributed by atoms with Crippen molar-refractivity contribution in [2.24, 2.45) is 0 Å². The van der Waals surface area contributed by atoms with Crippen molar-refractivity contribution < 1.29 is 9.90 Å². The fourth-order valence-electron chi connectivity index (χ4n) is 1.65. The third kappa shape index (κ3) is 3.27. The quantitative estimate of drug-likeness (QED) is 0.695. The Hall–Kier alpha value is -1.08. The Morgan fingerprint density at radius 1 is 1.32 bits per heavy atom. The summed E-state index contributed by atoms with van der Waals surface area (Å²) in [5, 5.41) is 12.4. The van der Waals surface area contributed by atoms with Crippen LogP contribution in [0.3, 0.4) is 0 Å². The maximum atomic E-state index is 12.2. The summed E-state index contributed by atoms with van der Waals surface area (Å²) in [5.41, 5.74) is 1.74. The van der Waals surface area contributed by atoms with Crippen LogP contribution in [0.4, 0.5) is 5.69 Å². The molecule has 2 rings (SSSR count). The first-order chi connectivity index (χ1) is 8.99. The fraction of sp³-hybridized carbons (Fsp3) is 0.0714. The van der Waals surface area contributed by atoms with Crippen molar-refractivity contribution in [3.05, 3.63) is 55.6 Å². The Morgan fingerprint density at radius 2 is 2.05 bits per heavy atom. The number of amides is 1. The molecule has 0 aliphatic rings. The monoisotopic (exact) mass is 431 g/mol. The largest absolute Gasteiger partial charge is 0.508 e. The highest BCUT2D eigenvalue weighted by Crippen LogP contribution is 2.26. The maximum absolute atomic E-state index is 12.2. The van der Waals surface area contributed by atoms with Crippen molar-refractivity contribution in [1.82, 2.24) is 0 Å². The Morgan fingerprint density at radius 3 is 2.74 bits per heavy atom. The minimum Gasteiger partial charge on any atom is -0.508 e. The van der Waals surface area contributed by atoms with Crippen LogP contribution in [0.15, 0.2) is 40.9 Å². The summed E-state index contributed by atoms with van der Waals surface area (Å²) in [7, 11) is 0. The molecule has 2 N–H and O–H groups in total. The molecule has 5 heteroatoms. The summed E-state index contributed by atoms with van der Waals surface area (Å²) < 4.78 is 1.90. The third-order valence-corrected chi connectivity index (χ3v) is 4.06. The van der Waals surface area contributed by atoms with Crippen molar-refractivity contribution in [3.63, 3.8) is 0 Å². The fourth-order valence-corrected chi connectivity index (χ4v) is 3.05. The number of phenolic OH excluding ortho intramolecular Hbond substituents is 1. The van der Waals surface area contributed by atoms with E-state index in [1.807, 2.05) is 18.2 Å². The number of hydrogen-bond donors (Lipinski definition) is 2. The SMILES string of the molecule is Cc1c(O)cccc1C(=O)Nc1ccc(I)cc1Br. The van der Waals surface area contributed by atoms with E-state index < -0.39 is 0 Å². The normalized spacial score (nSPS) is 10.3. The smallest absolute Gasteiger partial charge is 0.256 e. The minimum absolute atomic E-state index is 0.120. The molecule has 0 fully saturated rings. The molecule has 0 bridgehead atoms. The number of anilines is 1. The van der Waals surface area contributed by atoms with Gasteiger partial charge >= 0.3 is 0 Å². The molecule has 19 heavy (non-hydrogen) atoms. The van der Waals surface area contributed by atoms with Crippen molar-refractivity contribution in [3.8, 4) is 5.75 Å². The lowest BCUT2D eigenvalue weighted by atomic mass is 10.1. The molecule has 3 nitrogen and oxygen atoms in total. The van der Waals surface area contributed by atoms with Gasteiger partial charge in [-0.15, -0.1) is 0 Å². The summed E-state index contributed by atoms with van der Waals surface area (Å²) >= 11 is 5.61. The van der Waals surface area contributed by atoms with Crippen LogP contribution in [0.5, 0.6) is 5.75 Å². The lowest BCUT2D eigenvalue weighted by Crippen LogP contribution is -2.13. The molecule has 98 valence electrons. The van der Waals surface area contributed by atoms with Crippen LogP contribution in [0.25, 0.3) is 0 Å². The Balaban J connectivity index is 2.28. The van der Waals surface area contributed by atoms with Crippen molar-refractivity contribution in [2.45, 2.75) is 6.92 Å². The predicted octanol–water partition coefficient (Wildman–Crippen LogP) is 4.32. The van der Waals surface area contributed by atoms with Gasteiger partial charge in [-0.3, -0.25) is 4.79 Å². The van der Waals surface area contributed by atoms with E-state index in [-0.39, 0.29) is 11.7 Å². The van der Waals surface area contributed by atoms with Crippen LogP contribution in [0, 0.1) is 10.5 Å². The van der Waals surface area contributed by atoms with E-state index in [1.165, 1.54) is 0 Å². The van der Waals surface area contributed by atoms with E-state index in [0.717, 1.165) is 8.04 Å². The first kappa shape index (κ1) is 14.3. The summed E-state index contributed by atoms with van der Waals surface area (Å²) in [6, 6.07) is 10.6. The highest BCUT2D eigenvalue weighted by Gasteiger charge is 2.12. The van der Waals surface area contributed by atoms with Gasteiger partial charge in [0.05, 0.1) is 5.69 Å². The van der Waals surface area contributed by atoms with Gasteiger partial charge in [0.1, 0.15) is 5.75 Å². The first-order valence-corrected chi connectivity index (χ1v) is 7.41. The molecule has 0 heterocycles. The molecular weight excluding hydrogens is 421 g/mol. The summed E-state index contributed by atoms with van der Waals surface area (Å²) in [6.07, 6.45) is 0. The number of benzene rings is 2. The van der Waals surface area contributed by atoms with Crippen molar-refractivity contribution >= 4 is 50.1 Å². The predicted molar refractivity (Wildman–Crippen MR) is 87.7 cm³/mol. The third-order valence-electron chi connectivity index (χ3n) is 2.73. The van der Waals surface area contributed by atoms with E-state index >= 15 is 0 Å². The van der Waals surface area contributed by atoms with E-state index in [0.29, 0.717) is 16.8 Å². The molecule has 0 aliphatic heterocycles. The van der Waals surface area contributed by atoms with Crippen LogP contribution in [0.1, 0.15) is 15.9 Å². The topological polar surface area (TPSA) is 49.3 Å². The van der Waals surface area contributed by atoms with Gasteiger partial charge in [0.25, 0.3) is 5.91 Å². The summed E-state index contributed by atoms with van der Waals surface area (Å²) in [6.45, 7) is 1.72. The standard InChI is InChI=1S/C14H11BrINO2/c1-8-10(3-2-4-13(8)18)14(19)17-12-6-5-9(16)7-11(12)15/h2-7,18H,1H3,(H,17,19). The second-order valence-electron chi connectivity index (χ2n) is 4.03. The number of phenols is 1. The van der Waals surface area contributed by atoms with Gasteiger partial charge in [-0.2, -0.15) is 0 Å². The van der Waals surface area contributed by atoms with Crippen LogP contribution in [-0.2, 0) is 0 Å². The van der Waals surface area contributed by atoms with Gasteiger partial charge in [-0.25, -0.2) is 0 Å². The van der Waals surface area contributed by atoms with Crippen LogP contribution >= 0.6 is 38.5 Å². The highest BCUT2D eigenvalue weighted by atomic mass is 127. The maximum Gasteiger partial charge on any atom is 0.256 e. The Labute approximate surface area is 133 Å². The van der Waals surface area contributed by atoms with E-state index in [9.17, 15) is 9.90 Å². The van der Waals surface area contributed by atoms with Gasteiger partial charge in [-0.05, 0) is 75.8 Å². The zero-order valence-corrected chi connectivity index (χ0v) is 13.8. The van der Waals surface area contributed by atoms with Gasteiger partial charge < -0.3 is 10.4 Å². The van der Waals surface area contributed by atoms with Crippen molar-refractivity contribution in [1.29, 1.82) is 0 Å². The van der Waals surface area contributed by atoms with Gasteiger partial charge in [0.15, 0.2) is 0 Å². The number of nitrogens with one attached hydrogen (secondary N) is 1. The zero-order valence-electron chi connectivity index (χ0n) is 10.1. The molecule has 2 aromatic rings. The van der Waals surface area contributed by atoms with E-state index in [1.54, 1.807) is 25.1 Å². The second kappa shape index (κ2) is 5.92. The number of hydrogen-bond acceptors (Lipinski definition) is 2. The average molecular weight is 432 g/mol. The first-order valence-electron chi connectivity index (χ1n) is 5.54. The van der Waals surface area contributed by atoms with E-state index in [4.69, 9.17) is 0 Å². The second-order valence-corrected chi connectivity index (χ2v) is 6.13. The molecular formula is C14H11BrINO2. The molecule has 0 saturated heterocycles. The molecule has 2 aromatic carbocycles.